The average Bonchev–Trinajstić information content (AvgIpc) is 2.68. The monoisotopic (exact) mass is 377 g/mol. The van der Waals surface area contributed by atoms with Crippen molar-refractivity contribution in [3.8, 4) is 11.8 Å². The minimum atomic E-state index is -0.589. The summed E-state index contributed by atoms with van der Waals surface area (Å²) in [5, 5.41) is 9.42. The second-order valence-corrected chi connectivity index (χ2v) is 6.26. The van der Waals surface area contributed by atoms with E-state index in [1.165, 1.54) is 4.57 Å². The van der Waals surface area contributed by atoms with Gasteiger partial charge in [0, 0.05) is 0 Å². The van der Waals surface area contributed by atoms with Gasteiger partial charge in [0.25, 0.3) is 5.56 Å². The summed E-state index contributed by atoms with van der Waals surface area (Å²) in [7, 11) is 0. The van der Waals surface area contributed by atoms with Gasteiger partial charge < -0.3 is 9.47 Å². The lowest BCUT2D eigenvalue weighted by Crippen LogP contribution is -2.26. The number of para-hydroxylation sites is 2. The maximum Gasteiger partial charge on any atom is 0.344 e. The number of benzene rings is 2. The molecule has 1 heterocycles. The van der Waals surface area contributed by atoms with Crippen molar-refractivity contribution in [2.24, 2.45) is 0 Å². The highest BCUT2D eigenvalue weighted by molar-refractivity contribution is 5.77. The summed E-state index contributed by atoms with van der Waals surface area (Å²) in [6.07, 6.45) is 0. The summed E-state index contributed by atoms with van der Waals surface area (Å²) >= 11 is 0. The van der Waals surface area contributed by atoms with Crippen LogP contribution in [0.4, 0.5) is 0 Å². The van der Waals surface area contributed by atoms with E-state index in [1.807, 2.05) is 38.1 Å². The topological polar surface area (TPSA) is 94.2 Å². The van der Waals surface area contributed by atoms with E-state index in [-0.39, 0.29) is 31.1 Å². The first kappa shape index (κ1) is 19.1. The largest absolute Gasteiger partial charge is 0.481 e. The Morgan fingerprint density at radius 3 is 2.57 bits per heavy atom. The lowest BCUT2D eigenvalue weighted by Gasteiger charge is -2.13. The van der Waals surface area contributed by atoms with Crippen LogP contribution in [0.1, 0.15) is 17.0 Å². The van der Waals surface area contributed by atoms with Crippen LogP contribution in [0.5, 0.6) is 5.75 Å². The zero-order valence-electron chi connectivity index (χ0n) is 15.6. The van der Waals surface area contributed by atoms with E-state index >= 15 is 0 Å². The minimum absolute atomic E-state index is 0.178. The van der Waals surface area contributed by atoms with Gasteiger partial charge in [-0.25, -0.2) is 9.78 Å². The number of nitriles is 1. The fourth-order valence-corrected chi connectivity index (χ4v) is 2.90. The molecule has 0 amide bonds. The van der Waals surface area contributed by atoms with E-state index in [4.69, 9.17) is 14.7 Å². The Labute approximate surface area is 161 Å². The van der Waals surface area contributed by atoms with Crippen LogP contribution < -0.4 is 10.3 Å². The Hall–Kier alpha value is -3.66. The van der Waals surface area contributed by atoms with E-state index in [9.17, 15) is 9.59 Å². The third-order valence-corrected chi connectivity index (χ3v) is 4.27. The Kier molecular flexibility index (Phi) is 5.70. The summed E-state index contributed by atoms with van der Waals surface area (Å²) in [6, 6.07) is 14.5. The highest BCUT2D eigenvalue weighted by Gasteiger charge is 2.14. The van der Waals surface area contributed by atoms with Crippen LogP contribution in [-0.2, 0) is 22.7 Å². The first-order chi connectivity index (χ1) is 13.5. The van der Waals surface area contributed by atoms with E-state index < -0.39 is 5.97 Å². The van der Waals surface area contributed by atoms with Crippen LogP contribution in [-0.4, -0.2) is 22.1 Å². The van der Waals surface area contributed by atoms with Gasteiger partial charge in [-0.2, -0.15) is 5.26 Å². The Morgan fingerprint density at radius 2 is 1.86 bits per heavy atom. The quantitative estimate of drug-likeness (QED) is 0.613. The second-order valence-electron chi connectivity index (χ2n) is 6.26. The standard InChI is InChI=1S/C21H19N3O4/c1-14-6-5-7-15(2)20(14)28-13-19(25)27-12-18-23-17-9-4-3-8-16(17)21(26)24(18)11-10-22/h3-9H,11-13H2,1-2H3. The molecule has 0 saturated heterocycles. The number of aryl methyl sites for hydroxylation is 2. The van der Waals surface area contributed by atoms with Gasteiger partial charge in [-0.15, -0.1) is 0 Å². The molecule has 7 nitrogen and oxygen atoms in total. The number of nitrogens with zero attached hydrogens (tertiary/aromatic N) is 3. The number of carbonyl (C=O) groups excluding carboxylic acids is 1. The van der Waals surface area contributed by atoms with Gasteiger partial charge in [-0.1, -0.05) is 30.3 Å². The smallest absolute Gasteiger partial charge is 0.344 e. The molecule has 0 spiro atoms. The van der Waals surface area contributed by atoms with Gasteiger partial charge in [0.05, 0.1) is 17.0 Å². The van der Waals surface area contributed by atoms with Crippen molar-refractivity contribution in [1.82, 2.24) is 9.55 Å². The summed E-state index contributed by atoms with van der Waals surface area (Å²) < 4.78 is 12.0. The van der Waals surface area contributed by atoms with Gasteiger partial charge in [0.15, 0.2) is 12.4 Å². The van der Waals surface area contributed by atoms with Crippen molar-refractivity contribution in [1.29, 1.82) is 5.26 Å². The number of ether oxygens (including phenoxy) is 2. The van der Waals surface area contributed by atoms with Gasteiger partial charge in [-0.3, -0.25) is 9.36 Å². The van der Waals surface area contributed by atoms with Crippen LogP contribution in [0.3, 0.4) is 0 Å². The van der Waals surface area contributed by atoms with Crippen molar-refractivity contribution >= 4 is 16.9 Å². The molecule has 7 heteroatoms. The average molecular weight is 377 g/mol. The molecule has 3 aromatic rings. The van der Waals surface area contributed by atoms with E-state index in [1.54, 1.807) is 24.3 Å². The molecule has 142 valence electrons. The first-order valence-corrected chi connectivity index (χ1v) is 8.71. The molecular formula is C21H19N3O4. The molecule has 2 aromatic carbocycles. The minimum Gasteiger partial charge on any atom is -0.481 e. The van der Waals surface area contributed by atoms with Gasteiger partial charge in [0.1, 0.15) is 18.9 Å². The highest BCUT2D eigenvalue weighted by atomic mass is 16.6. The number of aromatic nitrogens is 2. The van der Waals surface area contributed by atoms with Crippen LogP contribution >= 0.6 is 0 Å². The summed E-state index contributed by atoms with van der Waals surface area (Å²) in [4.78, 5) is 29.0. The fourth-order valence-electron chi connectivity index (χ4n) is 2.90. The predicted octanol–water partition coefficient (Wildman–Crippen LogP) is 2.66. The molecule has 0 aliphatic rings. The van der Waals surface area contributed by atoms with E-state index in [0.717, 1.165) is 11.1 Å². The molecule has 0 N–H and O–H groups in total. The predicted molar refractivity (Wildman–Crippen MR) is 103 cm³/mol. The summed E-state index contributed by atoms with van der Waals surface area (Å²) in [6.45, 7) is 3.13. The van der Waals surface area contributed by atoms with Crippen molar-refractivity contribution in [2.45, 2.75) is 27.0 Å². The third-order valence-electron chi connectivity index (χ3n) is 4.27. The SMILES string of the molecule is Cc1cccc(C)c1OCC(=O)OCc1nc2ccccc2c(=O)n1CC#N. The van der Waals surface area contributed by atoms with Crippen LogP contribution in [0.15, 0.2) is 47.3 Å². The molecule has 0 atom stereocenters. The van der Waals surface area contributed by atoms with Crippen LogP contribution in [0.25, 0.3) is 10.9 Å². The van der Waals surface area contributed by atoms with E-state index in [2.05, 4.69) is 4.98 Å². The number of carbonyl (C=O) groups is 1. The number of rotatable bonds is 6. The van der Waals surface area contributed by atoms with Crippen molar-refractivity contribution in [2.75, 3.05) is 6.61 Å². The Bertz CT molecular complexity index is 1110. The molecule has 0 saturated carbocycles. The van der Waals surface area contributed by atoms with Gasteiger partial charge in [0.2, 0.25) is 0 Å². The lowest BCUT2D eigenvalue weighted by atomic mass is 10.1. The molecule has 0 unspecified atom stereocenters. The van der Waals surface area contributed by atoms with Gasteiger partial charge >= 0.3 is 5.97 Å². The molecule has 0 aliphatic carbocycles. The summed E-state index contributed by atoms with van der Waals surface area (Å²) in [5.74, 6) is 0.268. The zero-order valence-corrected chi connectivity index (χ0v) is 15.6. The molecule has 1 aromatic heterocycles. The third kappa shape index (κ3) is 4.01. The van der Waals surface area contributed by atoms with E-state index in [0.29, 0.717) is 16.7 Å². The highest BCUT2D eigenvalue weighted by Crippen LogP contribution is 2.22. The van der Waals surface area contributed by atoms with Crippen LogP contribution in [0.2, 0.25) is 0 Å². The van der Waals surface area contributed by atoms with Crippen molar-refractivity contribution in [3.05, 3.63) is 69.8 Å². The molecular weight excluding hydrogens is 358 g/mol. The normalized spacial score (nSPS) is 10.5. The molecule has 0 bridgehead atoms. The molecule has 0 aliphatic heterocycles. The lowest BCUT2D eigenvalue weighted by molar-refractivity contribution is -0.147. The molecule has 28 heavy (non-hydrogen) atoms. The number of fused-ring (bicyclic) bond motifs is 1. The molecule has 0 radical (unpaired) electrons. The maximum absolute atomic E-state index is 12.6. The van der Waals surface area contributed by atoms with Crippen molar-refractivity contribution in [3.63, 3.8) is 0 Å². The maximum atomic E-state index is 12.6. The first-order valence-electron chi connectivity index (χ1n) is 8.71. The zero-order chi connectivity index (χ0) is 20.1. The fraction of sp³-hybridized carbons (Fsp3) is 0.238. The van der Waals surface area contributed by atoms with Gasteiger partial charge in [-0.05, 0) is 37.1 Å². The summed E-state index contributed by atoms with van der Waals surface area (Å²) in [5.41, 5.74) is 1.99. The molecule has 3 rings (SSSR count). The number of hydrogen-bond acceptors (Lipinski definition) is 6. The Morgan fingerprint density at radius 1 is 1.14 bits per heavy atom. The second kappa shape index (κ2) is 8.35. The Balaban J connectivity index is 1.74. The van der Waals surface area contributed by atoms with Crippen LogP contribution in [0, 0.1) is 25.2 Å². The number of hydrogen-bond donors (Lipinski definition) is 0. The molecule has 0 fully saturated rings. The number of esters is 1. The van der Waals surface area contributed by atoms with Crippen molar-refractivity contribution < 1.29 is 14.3 Å².